The van der Waals surface area contributed by atoms with Crippen LogP contribution in [0.4, 0.5) is 5.82 Å². The molecule has 9 heteroatoms. The van der Waals surface area contributed by atoms with Gasteiger partial charge in [-0.2, -0.15) is 10.4 Å². The summed E-state index contributed by atoms with van der Waals surface area (Å²) in [7, 11) is 0. The molecule has 1 aliphatic rings. The van der Waals surface area contributed by atoms with E-state index < -0.39 is 0 Å². The number of hydrogen-bond acceptors (Lipinski definition) is 8. The third-order valence-corrected chi connectivity index (χ3v) is 8.06. The van der Waals surface area contributed by atoms with Crippen LogP contribution in [0, 0.1) is 17.2 Å². The lowest BCUT2D eigenvalue weighted by atomic mass is 9.99. The highest BCUT2D eigenvalue weighted by atomic mass is 32.1. The number of rotatable bonds is 10. The van der Waals surface area contributed by atoms with Crippen molar-refractivity contribution in [2.24, 2.45) is 5.92 Å². The van der Waals surface area contributed by atoms with Crippen LogP contribution in [0.1, 0.15) is 44.0 Å². The van der Waals surface area contributed by atoms with Crippen LogP contribution in [0.15, 0.2) is 48.1 Å². The topological polar surface area (TPSA) is 90.4 Å². The lowest BCUT2D eigenvalue weighted by Gasteiger charge is -2.36. The number of fused-ring (bicyclic) bond motifs is 1. The molecule has 190 valence electrons. The molecule has 0 bridgehead atoms. The summed E-state index contributed by atoms with van der Waals surface area (Å²) in [5.41, 5.74) is 3.66. The van der Waals surface area contributed by atoms with E-state index in [4.69, 9.17) is 9.97 Å². The third-order valence-electron chi connectivity index (χ3n) is 7.17. The largest absolute Gasteiger partial charge is 0.354 e. The summed E-state index contributed by atoms with van der Waals surface area (Å²) in [6.45, 7) is 9.67. The van der Waals surface area contributed by atoms with E-state index in [2.05, 4.69) is 41.7 Å². The van der Waals surface area contributed by atoms with E-state index in [1.807, 2.05) is 41.9 Å². The Morgan fingerprint density at radius 3 is 2.73 bits per heavy atom. The van der Waals surface area contributed by atoms with Gasteiger partial charge in [-0.15, -0.1) is 11.3 Å². The quantitative estimate of drug-likeness (QED) is 0.270. The first-order chi connectivity index (χ1) is 18.0. The summed E-state index contributed by atoms with van der Waals surface area (Å²) < 4.78 is 1.74. The molecule has 0 spiro atoms. The molecule has 37 heavy (non-hydrogen) atoms. The van der Waals surface area contributed by atoms with Crippen molar-refractivity contribution in [3.8, 4) is 27.9 Å². The van der Waals surface area contributed by atoms with Crippen molar-refractivity contribution in [2.75, 3.05) is 31.1 Å². The van der Waals surface area contributed by atoms with Crippen LogP contribution in [-0.2, 0) is 0 Å². The predicted molar refractivity (Wildman–Crippen MR) is 147 cm³/mol. The Morgan fingerprint density at radius 2 is 2.03 bits per heavy atom. The number of ketones is 1. The van der Waals surface area contributed by atoms with Gasteiger partial charge in [-0.05, 0) is 56.1 Å². The molecule has 4 aromatic rings. The molecule has 0 aliphatic carbocycles. The van der Waals surface area contributed by atoms with Crippen molar-refractivity contribution in [3.63, 3.8) is 0 Å². The highest BCUT2D eigenvalue weighted by Gasteiger charge is 2.29. The van der Waals surface area contributed by atoms with Gasteiger partial charge in [0, 0.05) is 37.3 Å². The Hall–Kier alpha value is -3.61. The molecule has 0 unspecified atom stereocenters. The van der Waals surface area contributed by atoms with Crippen LogP contribution in [0.25, 0.3) is 27.5 Å². The lowest BCUT2D eigenvalue weighted by Crippen LogP contribution is -2.46. The second-order valence-electron chi connectivity index (χ2n) is 9.48. The molecule has 1 atom stereocenters. The highest BCUT2D eigenvalue weighted by Crippen LogP contribution is 2.31. The van der Waals surface area contributed by atoms with Crippen LogP contribution >= 0.6 is 11.3 Å². The standard InChI is InChI=1S/C28H31N7OS/c1-4-33(5-2)19(3)8-9-25(36)21-13-24(31-27(14-21)34-17-20(15-29)18-34)22-16-30-35-11-10-23(32-28(22)35)26-7-6-12-37-26/h6-7,10-14,16,19-20H,4-5,8-9,17-18H2,1-3H3/t19-/m0/s1. The maximum absolute atomic E-state index is 13.4. The van der Waals surface area contributed by atoms with Crippen molar-refractivity contribution in [3.05, 3.63) is 53.7 Å². The molecule has 8 nitrogen and oxygen atoms in total. The van der Waals surface area contributed by atoms with Crippen molar-refractivity contribution in [1.29, 1.82) is 5.26 Å². The molecule has 0 N–H and O–H groups in total. The number of carbonyl (C=O) groups is 1. The Labute approximate surface area is 221 Å². The second kappa shape index (κ2) is 10.8. The molecular weight excluding hydrogens is 482 g/mol. The van der Waals surface area contributed by atoms with E-state index in [9.17, 15) is 10.1 Å². The number of pyridine rings is 1. The van der Waals surface area contributed by atoms with E-state index in [0.29, 0.717) is 42.5 Å². The fraction of sp³-hybridized carbons (Fsp3) is 0.393. The maximum atomic E-state index is 13.4. The van der Waals surface area contributed by atoms with Crippen molar-refractivity contribution < 1.29 is 4.79 Å². The number of hydrogen-bond donors (Lipinski definition) is 0. The van der Waals surface area contributed by atoms with E-state index in [-0.39, 0.29) is 11.7 Å². The average Bonchev–Trinajstić information content (AvgIpc) is 3.57. The normalized spacial score (nSPS) is 14.6. The minimum Gasteiger partial charge on any atom is -0.354 e. The van der Waals surface area contributed by atoms with E-state index in [0.717, 1.165) is 41.5 Å². The molecule has 4 aromatic heterocycles. The molecule has 5 rings (SSSR count). The van der Waals surface area contributed by atoms with Gasteiger partial charge < -0.3 is 9.80 Å². The van der Waals surface area contributed by atoms with Crippen molar-refractivity contribution in [1.82, 2.24) is 24.5 Å². The number of nitriles is 1. The third kappa shape index (κ3) is 5.13. The summed E-state index contributed by atoms with van der Waals surface area (Å²) in [6, 6.07) is 12.4. The Balaban J connectivity index is 1.49. The van der Waals surface area contributed by atoms with E-state index >= 15 is 0 Å². The number of anilines is 1. The predicted octanol–water partition coefficient (Wildman–Crippen LogP) is 5.17. The zero-order valence-corrected chi connectivity index (χ0v) is 22.3. The average molecular weight is 514 g/mol. The van der Waals surface area contributed by atoms with Gasteiger partial charge in [-0.1, -0.05) is 19.9 Å². The van der Waals surface area contributed by atoms with Gasteiger partial charge in [-0.25, -0.2) is 14.5 Å². The van der Waals surface area contributed by atoms with Crippen LogP contribution in [0.5, 0.6) is 0 Å². The summed E-state index contributed by atoms with van der Waals surface area (Å²) >= 11 is 1.64. The van der Waals surface area contributed by atoms with Gasteiger partial charge in [0.1, 0.15) is 5.82 Å². The summed E-state index contributed by atoms with van der Waals surface area (Å²) in [6.07, 6.45) is 4.93. The van der Waals surface area contributed by atoms with Gasteiger partial charge in [0.05, 0.1) is 40.0 Å². The lowest BCUT2D eigenvalue weighted by molar-refractivity contribution is 0.0964. The summed E-state index contributed by atoms with van der Waals surface area (Å²) in [5.74, 6) is 0.814. The first-order valence-electron chi connectivity index (χ1n) is 12.8. The molecule has 0 amide bonds. The second-order valence-corrected chi connectivity index (χ2v) is 10.4. The first kappa shape index (κ1) is 25.1. The fourth-order valence-electron chi connectivity index (χ4n) is 4.85. The molecule has 1 aliphatic heterocycles. The molecule has 0 radical (unpaired) electrons. The molecule has 1 saturated heterocycles. The Bertz CT molecular complexity index is 1430. The van der Waals surface area contributed by atoms with Crippen molar-refractivity contribution >= 4 is 28.6 Å². The number of aromatic nitrogens is 4. The van der Waals surface area contributed by atoms with Crippen LogP contribution in [-0.4, -0.2) is 62.5 Å². The number of Topliss-reactive ketones (excluding diaryl/α,β-unsaturated/α-hetero) is 1. The molecule has 5 heterocycles. The summed E-state index contributed by atoms with van der Waals surface area (Å²) in [5, 5.41) is 15.8. The molecule has 0 saturated carbocycles. The van der Waals surface area contributed by atoms with Gasteiger partial charge in [0.2, 0.25) is 0 Å². The number of carbonyl (C=O) groups excluding carboxylic acids is 1. The number of thiophene rings is 1. The maximum Gasteiger partial charge on any atom is 0.165 e. The minimum atomic E-state index is -0.00785. The van der Waals surface area contributed by atoms with E-state index in [1.54, 1.807) is 22.0 Å². The fourth-order valence-corrected chi connectivity index (χ4v) is 5.54. The Kier molecular flexibility index (Phi) is 7.31. The molecule has 0 aromatic carbocycles. The monoisotopic (exact) mass is 513 g/mol. The smallest absolute Gasteiger partial charge is 0.165 e. The zero-order chi connectivity index (χ0) is 25.9. The highest BCUT2D eigenvalue weighted by molar-refractivity contribution is 7.13. The summed E-state index contributed by atoms with van der Waals surface area (Å²) in [4.78, 5) is 28.7. The van der Waals surface area contributed by atoms with E-state index in [1.165, 1.54) is 0 Å². The van der Waals surface area contributed by atoms with Gasteiger partial charge in [0.25, 0.3) is 0 Å². The number of nitrogens with zero attached hydrogens (tertiary/aromatic N) is 7. The first-order valence-corrected chi connectivity index (χ1v) is 13.7. The molecular formula is C28H31N7OS. The SMILES string of the molecule is CCN(CC)[C@@H](C)CCC(=O)c1cc(-c2cnn3ccc(-c4cccs4)nc23)nc(N2CC(C#N)C2)c1. The molecule has 1 fully saturated rings. The van der Waals surface area contributed by atoms with Gasteiger partial charge in [-0.3, -0.25) is 4.79 Å². The van der Waals surface area contributed by atoms with Gasteiger partial charge >= 0.3 is 0 Å². The van der Waals surface area contributed by atoms with Gasteiger partial charge in [0.15, 0.2) is 11.4 Å². The van der Waals surface area contributed by atoms with Crippen molar-refractivity contribution in [2.45, 2.75) is 39.7 Å². The van der Waals surface area contributed by atoms with Crippen LogP contribution < -0.4 is 4.90 Å². The van der Waals surface area contributed by atoms with Crippen LogP contribution in [0.2, 0.25) is 0 Å². The van der Waals surface area contributed by atoms with Crippen LogP contribution in [0.3, 0.4) is 0 Å². The zero-order valence-electron chi connectivity index (χ0n) is 21.5. The minimum absolute atomic E-state index is 0.00785. The Morgan fingerprint density at radius 1 is 1.22 bits per heavy atom.